The largest absolute Gasteiger partial charge is 0.453 e. The number of benzene rings is 2. The van der Waals surface area contributed by atoms with Crippen LogP contribution in [0.1, 0.15) is 33.6 Å². The van der Waals surface area contributed by atoms with Crippen molar-refractivity contribution < 1.29 is 14.3 Å². The minimum Gasteiger partial charge on any atom is -0.453 e. The summed E-state index contributed by atoms with van der Waals surface area (Å²) in [6.07, 6.45) is 1.73. The molecule has 0 bridgehead atoms. The summed E-state index contributed by atoms with van der Waals surface area (Å²) < 4.78 is 11.7. The Morgan fingerprint density at radius 2 is 1.63 bits per heavy atom. The van der Waals surface area contributed by atoms with Gasteiger partial charge in [0.1, 0.15) is 5.60 Å². The summed E-state index contributed by atoms with van der Waals surface area (Å²) >= 11 is 0. The molecule has 4 rings (SSSR count). The Morgan fingerprint density at radius 3 is 2.22 bits per heavy atom. The molecule has 1 amide bonds. The first kappa shape index (κ1) is 17.7. The van der Waals surface area contributed by atoms with Crippen LogP contribution in [0.3, 0.4) is 0 Å². The number of ether oxygens (including phenoxy) is 2. The van der Waals surface area contributed by atoms with Crippen LogP contribution in [0, 0.1) is 0 Å². The first-order chi connectivity index (χ1) is 12.9. The monoisotopic (exact) mass is 366 g/mol. The molecule has 2 heterocycles. The van der Waals surface area contributed by atoms with Crippen LogP contribution >= 0.6 is 0 Å². The van der Waals surface area contributed by atoms with Crippen LogP contribution < -0.4 is 9.64 Å². The smallest absolute Gasteiger partial charge is 0.410 e. The van der Waals surface area contributed by atoms with Crippen molar-refractivity contribution in [3.8, 4) is 11.5 Å². The Bertz CT molecular complexity index is 798. The van der Waals surface area contributed by atoms with Crippen molar-refractivity contribution in [2.24, 2.45) is 0 Å². The van der Waals surface area contributed by atoms with Crippen LogP contribution in [-0.4, -0.2) is 35.7 Å². The third kappa shape index (κ3) is 3.59. The maximum absolute atomic E-state index is 12.6. The number of nitrogens with zero attached hydrogens (tertiary/aromatic N) is 2. The second-order valence-electron chi connectivity index (χ2n) is 8.13. The van der Waals surface area contributed by atoms with E-state index in [0.29, 0.717) is 6.54 Å². The molecule has 5 heteroatoms. The van der Waals surface area contributed by atoms with Crippen molar-refractivity contribution in [1.29, 1.82) is 0 Å². The molecule has 1 unspecified atom stereocenters. The van der Waals surface area contributed by atoms with Crippen molar-refractivity contribution in [3.63, 3.8) is 0 Å². The van der Waals surface area contributed by atoms with Gasteiger partial charge >= 0.3 is 6.09 Å². The van der Waals surface area contributed by atoms with Crippen LogP contribution in [0.4, 0.5) is 16.2 Å². The van der Waals surface area contributed by atoms with Gasteiger partial charge in [-0.15, -0.1) is 0 Å². The fourth-order valence-corrected chi connectivity index (χ4v) is 3.78. The molecule has 1 atom stereocenters. The molecular formula is C22H26N2O3. The van der Waals surface area contributed by atoms with Crippen LogP contribution in [-0.2, 0) is 4.74 Å². The van der Waals surface area contributed by atoms with Crippen LogP contribution in [0.2, 0.25) is 0 Å². The predicted molar refractivity (Wildman–Crippen MR) is 106 cm³/mol. The Labute approximate surface area is 160 Å². The minimum atomic E-state index is -0.484. The van der Waals surface area contributed by atoms with Gasteiger partial charge in [-0.1, -0.05) is 24.3 Å². The lowest BCUT2D eigenvalue weighted by atomic mass is 10.0. The molecule has 0 aromatic heterocycles. The van der Waals surface area contributed by atoms with Crippen molar-refractivity contribution in [3.05, 3.63) is 48.5 Å². The number of carbonyl (C=O) groups is 1. The summed E-state index contributed by atoms with van der Waals surface area (Å²) in [6, 6.07) is 16.3. The van der Waals surface area contributed by atoms with E-state index in [0.717, 1.165) is 42.3 Å². The normalized spacial score (nSPS) is 19.0. The maximum atomic E-state index is 12.6. The zero-order valence-electron chi connectivity index (χ0n) is 16.1. The Kier molecular flexibility index (Phi) is 4.46. The number of para-hydroxylation sites is 4. The molecule has 27 heavy (non-hydrogen) atoms. The molecule has 0 N–H and O–H groups in total. The molecule has 0 spiro atoms. The third-order valence-electron chi connectivity index (χ3n) is 4.88. The SMILES string of the molecule is CC(C)(C)OC(=O)N1CCCC(N2c3ccccc3Oc3ccccc32)C1. The highest BCUT2D eigenvalue weighted by atomic mass is 16.6. The van der Waals surface area contributed by atoms with E-state index in [1.807, 2.05) is 62.1 Å². The molecule has 2 aliphatic heterocycles. The van der Waals surface area contributed by atoms with Gasteiger partial charge < -0.3 is 19.3 Å². The Balaban J connectivity index is 1.64. The van der Waals surface area contributed by atoms with E-state index in [2.05, 4.69) is 17.0 Å². The Hall–Kier alpha value is -2.69. The van der Waals surface area contributed by atoms with Crippen LogP contribution in [0.25, 0.3) is 0 Å². The van der Waals surface area contributed by atoms with Crippen molar-refractivity contribution >= 4 is 17.5 Å². The van der Waals surface area contributed by atoms with Gasteiger partial charge in [0.15, 0.2) is 11.5 Å². The number of hydrogen-bond acceptors (Lipinski definition) is 4. The van der Waals surface area contributed by atoms with Gasteiger partial charge in [0.2, 0.25) is 0 Å². The molecule has 0 saturated carbocycles. The summed E-state index contributed by atoms with van der Waals surface area (Å²) in [5.74, 6) is 1.70. The quantitative estimate of drug-likeness (QED) is 0.684. The zero-order chi connectivity index (χ0) is 19.0. The molecule has 2 aliphatic rings. The van der Waals surface area contributed by atoms with Gasteiger partial charge in [0.25, 0.3) is 0 Å². The van der Waals surface area contributed by atoms with E-state index in [9.17, 15) is 4.79 Å². The van der Waals surface area contributed by atoms with Crippen molar-refractivity contribution in [1.82, 2.24) is 4.90 Å². The average Bonchev–Trinajstić information content (AvgIpc) is 2.65. The number of rotatable bonds is 1. The highest BCUT2D eigenvalue weighted by Crippen LogP contribution is 2.48. The number of anilines is 2. The maximum Gasteiger partial charge on any atom is 0.410 e. The number of likely N-dealkylation sites (tertiary alicyclic amines) is 1. The number of carbonyl (C=O) groups excluding carboxylic acids is 1. The van der Waals surface area contributed by atoms with Gasteiger partial charge in [-0.3, -0.25) is 0 Å². The highest BCUT2D eigenvalue weighted by molar-refractivity contribution is 5.78. The molecule has 0 radical (unpaired) electrons. The summed E-state index contributed by atoms with van der Waals surface area (Å²) in [7, 11) is 0. The fraction of sp³-hybridized carbons (Fsp3) is 0.409. The van der Waals surface area contributed by atoms with Gasteiger partial charge in [-0.25, -0.2) is 4.79 Å². The first-order valence-electron chi connectivity index (χ1n) is 9.55. The summed E-state index contributed by atoms with van der Waals surface area (Å²) in [5.41, 5.74) is 1.61. The Morgan fingerprint density at radius 1 is 1.04 bits per heavy atom. The van der Waals surface area contributed by atoms with Crippen molar-refractivity contribution in [2.75, 3.05) is 18.0 Å². The van der Waals surface area contributed by atoms with E-state index < -0.39 is 5.60 Å². The zero-order valence-corrected chi connectivity index (χ0v) is 16.1. The van der Waals surface area contributed by atoms with E-state index in [1.54, 1.807) is 0 Å². The van der Waals surface area contributed by atoms with Gasteiger partial charge in [-0.05, 0) is 57.9 Å². The molecular weight excluding hydrogens is 340 g/mol. The van der Waals surface area contributed by atoms with E-state index in [1.165, 1.54) is 0 Å². The van der Waals surface area contributed by atoms with E-state index >= 15 is 0 Å². The average molecular weight is 366 g/mol. The second kappa shape index (κ2) is 6.80. The molecule has 1 saturated heterocycles. The molecule has 1 fully saturated rings. The third-order valence-corrected chi connectivity index (χ3v) is 4.88. The number of piperidine rings is 1. The van der Waals surface area contributed by atoms with Crippen LogP contribution in [0.15, 0.2) is 48.5 Å². The lowest BCUT2D eigenvalue weighted by Gasteiger charge is -2.43. The van der Waals surface area contributed by atoms with Gasteiger partial charge in [0.05, 0.1) is 17.4 Å². The molecule has 0 aliphatic carbocycles. The topological polar surface area (TPSA) is 42.0 Å². The van der Waals surface area contributed by atoms with Crippen molar-refractivity contribution in [2.45, 2.75) is 45.3 Å². The number of amides is 1. The minimum absolute atomic E-state index is 0.178. The lowest BCUT2D eigenvalue weighted by Crippen LogP contribution is -2.50. The van der Waals surface area contributed by atoms with E-state index in [4.69, 9.17) is 9.47 Å². The molecule has 5 nitrogen and oxygen atoms in total. The lowest BCUT2D eigenvalue weighted by molar-refractivity contribution is 0.0200. The van der Waals surface area contributed by atoms with E-state index in [-0.39, 0.29) is 12.1 Å². The van der Waals surface area contributed by atoms with Gasteiger partial charge in [-0.2, -0.15) is 0 Å². The highest BCUT2D eigenvalue weighted by Gasteiger charge is 2.35. The summed E-state index contributed by atoms with van der Waals surface area (Å²) in [4.78, 5) is 16.8. The molecule has 2 aromatic rings. The second-order valence-corrected chi connectivity index (χ2v) is 8.13. The number of hydrogen-bond donors (Lipinski definition) is 0. The standard InChI is InChI=1S/C22H26N2O3/c1-22(2,3)27-21(25)23-14-8-9-16(15-23)24-17-10-4-6-12-19(17)26-20-13-7-5-11-18(20)24/h4-7,10-13,16H,8-9,14-15H2,1-3H3. The van der Waals surface area contributed by atoms with Crippen LogP contribution in [0.5, 0.6) is 11.5 Å². The summed E-state index contributed by atoms with van der Waals surface area (Å²) in [5, 5.41) is 0. The predicted octanol–water partition coefficient (Wildman–Crippen LogP) is 5.33. The first-order valence-corrected chi connectivity index (χ1v) is 9.55. The summed E-state index contributed by atoms with van der Waals surface area (Å²) in [6.45, 7) is 7.08. The molecule has 2 aromatic carbocycles. The number of fused-ring (bicyclic) bond motifs is 2. The van der Waals surface area contributed by atoms with Gasteiger partial charge in [0, 0.05) is 13.1 Å². The molecule has 142 valence electrons. The fourth-order valence-electron chi connectivity index (χ4n) is 3.78.